The number of aromatic nitrogens is 4. The number of hydrogen-bond acceptors (Lipinski definition) is 5. The number of amides is 1. The van der Waals surface area contributed by atoms with Gasteiger partial charge in [0.1, 0.15) is 0 Å². The molecule has 2 aliphatic carbocycles. The second-order valence-corrected chi connectivity index (χ2v) is 8.97. The first-order chi connectivity index (χ1) is 13.2. The maximum atomic E-state index is 12.6. The van der Waals surface area contributed by atoms with Crippen LogP contribution in [-0.4, -0.2) is 37.5 Å². The zero-order valence-corrected chi connectivity index (χ0v) is 16.6. The number of hydrogen-bond donors (Lipinski definition) is 1. The number of pyridine rings is 1. The van der Waals surface area contributed by atoms with E-state index in [1.54, 1.807) is 6.20 Å². The third-order valence-electron chi connectivity index (χ3n) is 5.44. The van der Waals surface area contributed by atoms with Crippen molar-refractivity contribution in [3.63, 3.8) is 0 Å². The van der Waals surface area contributed by atoms with Crippen molar-refractivity contribution in [3.8, 4) is 11.4 Å². The molecule has 0 saturated heterocycles. The van der Waals surface area contributed by atoms with Crippen LogP contribution in [0.2, 0.25) is 0 Å². The first kappa shape index (κ1) is 18.5. The Hall–Kier alpha value is -1.89. The molecule has 0 aromatic carbocycles. The van der Waals surface area contributed by atoms with Gasteiger partial charge in [-0.15, -0.1) is 10.2 Å². The van der Waals surface area contributed by atoms with Crippen molar-refractivity contribution in [1.29, 1.82) is 0 Å². The van der Waals surface area contributed by atoms with Crippen LogP contribution in [0.4, 0.5) is 0 Å². The van der Waals surface area contributed by atoms with Crippen molar-refractivity contribution in [2.45, 2.75) is 68.3 Å². The molecule has 0 radical (unpaired) electrons. The van der Waals surface area contributed by atoms with Gasteiger partial charge in [0.25, 0.3) is 0 Å². The molecule has 7 heteroatoms. The second kappa shape index (κ2) is 8.42. The lowest BCUT2D eigenvalue weighted by Crippen LogP contribution is -2.35. The Morgan fingerprint density at radius 1 is 1.26 bits per heavy atom. The highest BCUT2D eigenvalue weighted by Crippen LogP contribution is 2.41. The molecule has 2 fully saturated rings. The van der Waals surface area contributed by atoms with Gasteiger partial charge in [0.2, 0.25) is 5.91 Å². The number of carbonyl (C=O) groups is 1. The lowest BCUT2D eigenvalue weighted by Gasteiger charge is -2.22. The topological polar surface area (TPSA) is 72.7 Å². The fourth-order valence-corrected chi connectivity index (χ4v) is 4.65. The summed E-state index contributed by atoms with van der Waals surface area (Å²) in [6, 6.07) is 4.36. The molecule has 6 nitrogen and oxygen atoms in total. The van der Waals surface area contributed by atoms with E-state index >= 15 is 0 Å². The summed E-state index contributed by atoms with van der Waals surface area (Å²) in [5.74, 6) is 1.59. The Bertz CT molecular complexity index is 768. The molecule has 0 unspecified atom stereocenters. The van der Waals surface area contributed by atoms with Crippen LogP contribution >= 0.6 is 11.8 Å². The molecule has 2 heterocycles. The van der Waals surface area contributed by atoms with Gasteiger partial charge < -0.3 is 5.32 Å². The smallest absolute Gasteiger partial charge is 0.233 e. The Kier molecular flexibility index (Phi) is 5.76. The Morgan fingerprint density at radius 3 is 2.78 bits per heavy atom. The molecule has 0 aliphatic heterocycles. The molecule has 1 atom stereocenters. The normalized spacial score (nSPS) is 19.0. The van der Waals surface area contributed by atoms with Gasteiger partial charge in [-0.05, 0) is 50.7 Å². The van der Waals surface area contributed by atoms with E-state index in [9.17, 15) is 4.79 Å². The summed E-state index contributed by atoms with van der Waals surface area (Å²) in [5.41, 5.74) is 0.971. The first-order valence-electron chi connectivity index (χ1n) is 10.0. The summed E-state index contributed by atoms with van der Waals surface area (Å²) in [6.45, 7) is 2.76. The molecule has 1 amide bonds. The van der Waals surface area contributed by atoms with Gasteiger partial charge in [-0.2, -0.15) is 0 Å². The standard InChI is InChI=1S/C20H27N5OS/c1-14(19(26)22-12-15-6-3-2-4-7-15)27-20-24-23-18(25(20)17-9-10-17)16-8-5-11-21-13-16/h5,8,11,13-15,17H,2-4,6-7,9-10,12H2,1H3,(H,22,26)/t14-/m0/s1. The largest absolute Gasteiger partial charge is 0.355 e. The van der Waals surface area contributed by atoms with Gasteiger partial charge in [-0.25, -0.2) is 0 Å². The van der Waals surface area contributed by atoms with Crippen molar-refractivity contribution in [3.05, 3.63) is 24.5 Å². The predicted octanol–water partition coefficient (Wildman–Crippen LogP) is 3.85. The summed E-state index contributed by atoms with van der Waals surface area (Å²) in [5, 5.41) is 12.6. The molecule has 2 aliphatic rings. The average Bonchev–Trinajstić information content (AvgIpc) is 3.47. The molecule has 2 saturated carbocycles. The summed E-state index contributed by atoms with van der Waals surface area (Å²) in [7, 11) is 0. The molecule has 0 spiro atoms. The fourth-order valence-electron chi connectivity index (χ4n) is 3.70. The Balaban J connectivity index is 1.41. The van der Waals surface area contributed by atoms with Gasteiger partial charge in [0.05, 0.1) is 5.25 Å². The van der Waals surface area contributed by atoms with Gasteiger partial charge in [-0.1, -0.05) is 31.0 Å². The zero-order valence-electron chi connectivity index (χ0n) is 15.8. The van der Waals surface area contributed by atoms with Crippen molar-refractivity contribution < 1.29 is 4.79 Å². The van der Waals surface area contributed by atoms with E-state index in [-0.39, 0.29) is 11.2 Å². The monoisotopic (exact) mass is 385 g/mol. The summed E-state index contributed by atoms with van der Waals surface area (Å²) >= 11 is 1.51. The van der Waals surface area contributed by atoms with Crippen LogP contribution in [0.25, 0.3) is 11.4 Å². The minimum absolute atomic E-state index is 0.0962. The van der Waals surface area contributed by atoms with Crippen LogP contribution in [-0.2, 0) is 4.79 Å². The van der Waals surface area contributed by atoms with Crippen LogP contribution < -0.4 is 5.32 Å². The van der Waals surface area contributed by atoms with E-state index in [1.165, 1.54) is 43.9 Å². The van der Waals surface area contributed by atoms with Crippen molar-refractivity contribution in [2.75, 3.05) is 6.54 Å². The SMILES string of the molecule is C[C@H](Sc1nnc(-c2cccnc2)n1C1CC1)C(=O)NCC1CCCCC1. The maximum absolute atomic E-state index is 12.6. The minimum Gasteiger partial charge on any atom is -0.355 e. The van der Waals surface area contributed by atoms with Crippen LogP contribution in [0.15, 0.2) is 29.7 Å². The van der Waals surface area contributed by atoms with Crippen molar-refractivity contribution >= 4 is 17.7 Å². The first-order valence-corrected chi connectivity index (χ1v) is 10.9. The summed E-state index contributed by atoms with van der Waals surface area (Å²) < 4.78 is 2.19. The number of nitrogens with one attached hydrogen (secondary N) is 1. The van der Waals surface area contributed by atoms with Crippen LogP contribution in [0, 0.1) is 5.92 Å². The molecule has 2 aromatic heterocycles. The van der Waals surface area contributed by atoms with E-state index in [4.69, 9.17) is 0 Å². The molecule has 144 valence electrons. The fraction of sp³-hybridized carbons (Fsp3) is 0.600. The molecule has 0 bridgehead atoms. The van der Waals surface area contributed by atoms with Gasteiger partial charge in [-0.3, -0.25) is 14.3 Å². The molecular weight excluding hydrogens is 358 g/mol. The third kappa shape index (κ3) is 4.51. The molecule has 27 heavy (non-hydrogen) atoms. The van der Waals surface area contributed by atoms with Gasteiger partial charge in [0.15, 0.2) is 11.0 Å². The second-order valence-electron chi connectivity index (χ2n) is 7.66. The van der Waals surface area contributed by atoms with Crippen LogP contribution in [0.3, 0.4) is 0 Å². The van der Waals surface area contributed by atoms with E-state index in [0.29, 0.717) is 12.0 Å². The number of carbonyl (C=O) groups excluding carboxylic acids is 1. The van der Waals surface area contributed by atoms with Crippen LogP contribution in [0.1, 0.15) is 57.9 Å². The predicted molar refractivity (Wildman–Crippen MR) is 106 cm³/mol. The Morgan fingerprint density at radius 2 is 2.07 bits per heavy atom. The summed E-state index contributed by atoms with van der Waals surface area (Å²) in [6.07, 6.45) is 12.3. The Labute approximate surface area is 164 Å². The highest BCUT2D eigenvalue weighted by molar-refractivity contribution is 8.00. The molecule has 1 N–H and O–H groups in total. The van der Waals surface area contributed by atoms with Crippen LogP contribution in [0.5, 0.6) is 0 Å². The number of thioether (sulfide) groups is 1. The number of nitrogens with zero attached hydrogens (tertiary/aromatic N) is 4. The molecular formula is C20H27N5OS. The van der Waals surface area contributed by atoms with E-state index in [0.717, 1.165) is 35.9 Å². The highest BCUT2D eigenvalue weighted by atomic mass is 32.2. The molecule has 4 rings (SSSR count). The zero-order chi connectivity index (χ0) is 18.6. The number of rotatable bonds is 7. The van der Waals surface area contributed by atoms with E-state index in [2.05, 4.69) is 25.1 Å². The van der Waals surface area contributed by atoms with Crippen molar-refractivity contribution in [2.24, 2.45) is 5.92 Å². The van der Waals surface area contributed by atoms with Gasteiger partial charge in [0, 0.05) is 30.5 Å². The lowest BCUT2D eigenvalue weighted by molar-refractivity contribution is -0.120. The quantitative estimate of drug-likeness (QED) is 0.733. The maximum Gasteiger partial charge on any atom is 0.233 e. The summed E-state index contributed by atoms with van der Waals surface area (Å²) in [4.78, 5) is 16.8. The highest BCUT2D eigenvalue weighted by Gasteiger charge is 2.31. The third-order valence-corrected chi connectivity index (χ3v) is 6.49. The van der Waals surface area contributed by atoms with Gasteiger partial charge >= 0.3 is 0 Å². The lowest BCUT2D eigenvalue weighted by atomic mass is 9.89. The average molecular weight is 386 g/mol. The minimum atomic E-state index is -0.183. The van der Waals surface area contributed by atoms with Crippen molar-refractivity contribution in [1.82, 2.24) is 25.1 Å². The molecule has 2 aromatic rings. The van der Waals surface area contributed by atoms with E-state index in [1.807, 2.05) is 25.3 Å². The van der Waals surface area contributed by atoms with E-state index < -0.39 is 0 Å².